The van der Waals surface area contributed by atoms with Gasteiger partial charge in [-0.1, -0.05) is 37.5 Å². The average molecular weight is 231 g/mol. The van der Waals surface area contributed by atoms with Crippen LogP contribution in [0.3, 0.4) is 0 Å². The van der Waals surface area contributed by atoms with Crippen LogP contribution < -0.4 is 5.32 Å². The Kier molecular flexibility index (Phi) is 2.83. The van der Waals surface area contributed by atoms with Gasteiger partial charge in [0.2, 0.25) is 0 Å². The lowest BCUT2D eigenvalue weighted by atomic mass is 9.76. The molecule has 2 nitrogen and oxygen atoms in total. The maximum absolute atomic E-state index is 10.8. The van der Waals surface area contributed by atoms with Gasteiger partial charge in [0.05, 0.1) is 11.6 Å². The van der Waals surface area contributed by atoms with Gasteiger partial charge in [-0.25, -0.2) is 0 Å². The molecule has 1 saturated carbocycles. The zero-order chi connectivity index (χ0) is 11.7. The number of aliphatic hydroxyl groups is 1. The predicted molar refractivity (Wildman–Crippen MR) is 70.2 cm³/mol. The summed E-state index contributed by atoms with van der Waals surface area (Å²) in [6.45, 7) is 0. The summed E-state index contributed by atoms with van der Waals surface area (Å²) in [7, 11) is 0. The van der Waals surface area contributed by atoms with Crippen LogP contribution in [-0.2, 0) is 6.42 Å². The lowest BCUT2D eigenvalue weighted by molar-refractivity contribution is -0.0162. The minimum Gasteiger partial charge on any atom is -0.388 e. The smallest absolute Gasteiger partial charge is 0.0847 e. The number of nitrogens with one attached hydrogen (secondary N) is 1. The van der Waals surface area contributed by atoms with Gasteiger partial charge in [0.1, 0.15) is 0 Å². The first-order valence-electron chi connectivity index (χ1n) is 6.85. The molecule has 3 rings (SSSR count). The summed E-state index contributed by atoms with van der Waals surface area (Å²) >= 11 is 0. The molecule has 1 aromatic rings. The first-order valence-corrected chi connectivity index (χ1v) is 6.85. The zero-order valence-corrected chi connectivity index (χ0v) is 10.3. The SMILES string of the molecule is OC1([C@@H]2CCc3ccccc3N2)CCCCC1. The van der Waals surface area contributed by atoms with Gasteiger partial charge in [-0.3, -0.25) is 0 Å². The Bertz CT molecular complexity index is 396. The summed E-state index contributed by atoms with van der Waals surface area (Å²) in [5.41, 5.74) is 2.15. The van der Waals surface area contributed by atoms with Gasteiger partial charge in [0.15, 0.2) is 0 Å². The van der Waals surface area contributed by atoms with Gasteiger partial charge in [-0.05, 0) is 37.3 Å². The van der Waals surface area contributed by atoms with Crippen molar-refractivity contribution < 1.29 is 5.11 Å². The minimum absolute atomic E-state index is 0.248. The molecule has 0 amide bonds. The van der Waals surface area contributed by atoms with E-state index < -0.39 is 5.60 Å². The van der Waals surface area contributed by atoms with Gasteiger partial charge in [-0.15, -0.1) is 0 Å². The maximum Gasteiger partial charge on any atom is 0.0847 e. The summed E-state index contributed by atoms with van der Waals surface area (Å²) in [4.78, 5) is 0. The summed E-state index contributed by atoms with van der Waals surface area (Å²) < 4.78 is 0. The molecule has 2 heteroatoms. The second kappa shape index (κ2) is 4.34. The standard InChI is InChI=1S/C15H21NO/c17-15(10-4-1-5-11-15)14-9-8-12-6-2-3-7-13(12)16-14/h2-3,6-7,14,16-17H,1,4-5,8-11H2/t14-/m0/s1. The molecule has 0 spiro atoms. The highest BCUT2D eigenvalue weighted by Crippen LogP contribution is 2.37. The fourth-order valence-corrected chi connectivity index (χ4v) is 3.35. The summed E-state index contributed by atoms with van der Waals surface area (Å²) in [6.07, 6.45) is 7.72. The third kappa shape index (κ3) is 2.06. The lowest BCUT2D eigenvalue weighted by Gasteiger charge is -2.42. The highest BCUT2D eigenvalue weighted by molar-refractivity contribution is 5.54. The first-order chi connectivity index (χ1) is 8.28. The largest absolute Gasteiger partial charge is 0.388 e. The Hall–Kier alpha value is -1.02. The van der Waals surface area contributed by atoms with Crippen molar-refractivity contribution in [2.24, 2.45) is 0 Å². The van der Waals surface area contributed by atoms with Crippen LogP contribution in [0.1, 0.15) is 44.1 Å². The van der Waals surface area contributed by atoms with Crippen LogP contribution in [0.15, 0.2) is 24.3 Å². The second-order valence-electron chi connectivity index (χ2n) is 5.56. The molecule has 1 fully saturated rings. The quantitative estimate of drug-likeness (QED) is 0.778. The Morgan fingerprint density at radius 3 is 2.71 bits per heavy atom. The Morgan fingerprint density at radius 1 is 1.12 bits per heavy atom. The lowest BCUT2D eigenvalue weighted by Crippen LogP contribution is -2.49. The molecule has 2 aliphatic rings. The molecule has 1 atom stereocenters. The molecule has 92 valence electrons. The molecule has 1 aromatic carbocycles. The van der Waals surface area contributed by atoms with E-state index in [2.05, 4.69) is 29.6 Å². The molecule has 1 aliphatic carbocycles. The predicted octanol–water partition coefficient (Wildman–Crippen LogP) is 3.11. The van der Waals surface area contributed by atoms with E-state index in [-0.39, 0.29) is 6.04 Å². The van der Waals surface area contributed by atoms with Gasteiger partial charge in [0, 0.05) is 5.69 Å². The third-order valence-corrected chi connectivity index (χ3v) is 4.42. The normalized spacial score (nSPS) is 27.0. The minimum atomic E-state index is -0.466. The van der Waals surface area contributed by atoms with Crippen molar-refractivity contribution in [1.29, 1.82) is 0 Å². The molecule has 1 heterocycles. The van der Waals surface area contributed by atoms with E-state index >= 15 is 0 Å². The molecule has 17 heavy (non-hydrogen) atoms. The number of rotatable bonds is 1. The van der Waals surface area contributed by atoms with E-state index in [0.29, 0.717) is 0 Å². The van der Waals surface area contributed by atoms with Gasteiger partial charge < -0.3 is 10.4 Å². The number of anilines is 1. The Balaban J connectivity index is 1.79. The number of fused-ring (bicyclic) bond motifs is 1. The summed E-state index contributed by atoms with van der Waals surface area (Å²) in [5.74, 6) is 0. The van der Waals surface area contributed by atoms with Crippen molar-refractivity contribution >= 4 is 5.69 Å². The summed E-state index contributed by atoms with van der Waals surface area (Å²) in [6, 6.07) is 8.73. The van der Waals surface area contributed by atoms with Crippen LogP contribution >= 0.6 is 0 Å². The van der Waals surface area contributed by atoms with Crippen LogP contribution in [0.2, 0.25) is 0 Å². The third-order valence-electron chi connectivity index (χ3n) is 4.42. The van der Waals surface area contributed by atoms with Crippen molar-refractivity contribution in [3.8, 4) is 0 Å². The van der Waals surface area contributed by atoms with Crippen molar-refractivity contribution in [3.05, 3.63) is 29.8 Å². The highest BCUT2D eigenvalue weighted by Gasteiger charge is 2.39. The van der Waals surface area contributed by atoms with E-state index in [0.717, 1.165) is 25.7 Å². The molecule has 2 N–H and O–H groups in total. The van der Waals surface area contributed by atoms with Gasteiger partial charge in [-0.2, -0.15) is 0 Å². The number of hydrogen-bond donors (Lipinski definition) is 2. The molecule has 0 bridgehead atoms. The van der Waals surface area contributed by atoms with Crippen molar-refractivity contribution in [1.82, 2.24) is 0 Å². The monoisotopic (exact) mass is 231 g/mol. The van der Waals surface area contributed by atoms with Crippen LogP contribution in [0, 0.1) is 0 Å². The molecule has 0 saturated heterocycles. The first kappa shape index (κ1) is 11.1. The molecular formula is C15H21NO. The Morgan fingerprint density at radius 2 is 1.88 bits per heavy atom. The van der Waals surface area contributed by atoms with Crippen molar-refractivity contribution in [2.75, 3.05) is 5.32 Å². The topological polar surface area (TPSA) is 32.3 Å². The van der Waals surface area contributed by atoms with Crippen LogP contribution in [-0.4, -0.2) is 16.7 Å². The van der Waals surface area contributed by atoms with Crippen LogP contribution in [0.4, 0.5) is 5.69 Å². The van der Waals surface area contributed by atoms with Crippen LogP contribution in [0.25, 0.3) is 0 Å². The number of benzene rings is 1. The molecule has 0 unspecified atom stereocenters. The molecule has 0 aromatic heterocycles. The molecular weight excluding hydrogens is 210 g/mol. The van der Waals surface area contributed by atoms with E-state index in [1.54, 1.807) is 0 Å². The maximum atomic E-state index is 10.8. The summed E-state index contributed by atoms with van der Waals surface area (Å²) in [5, 5.41) is 14.3. The van der Waals surface area contributed by atoms with Crippen LogP contribution in [0.5, 0.6) is 0 Å². The fraction of sp³-hybridized carbons (Fsp3) is 0.600. The number of para-hydroxylation sites is 1. The Labute approximate surface area is 103 Å². The number of hydrogen-bond acceptors (Lipinski definition) is 2. The van der Waals surface area contributed by atoms with Crippen molar-refractivity contribution in [2.45, 2.75) is 56.6 Å². The van der Waals surface area contributed by atoms with Gasteiger partial charge in [0.25, 0.3) is 0 Å². The zero-order valence-electron chi connectivity index (χ0n) is 10.3. The molecule has 1 aliphatic heterocycles. The average Bonchev–Trinajstić information content (AvgIpc) is 2.39. The molecule has 0 radical (unpaired) electrons. The van der Waals surface area contributed by atoms with Crippen molar-refractivity contribution in [3.63, 3.8) is 0 Å². The fourth-order valence-electron chi connectivity index (χ4n) is 3.35. The van der Waals surface area contributed by atoms with E-state index in [9.17, 15) is 5.11 Å². The highest BCUT2D eigenvalue weighted by atomic mass is 16.3. The number of aryl methyl sites for hydroxylation is 1. The van der Waals surface area contributed by atoms with E-state index in [4.69, 9.17) is 0 Å². The van der Waals surface area contributed by atoms with E-state index in [1.165, 1.54) is 30.5 Å². The second-order valence-corrected chi connectivity index (χ2v) is 5.56. The van der Waals surface area contributed by atoms with Gasteiger partial charge >= 0.3 is 0 Å². The van der Waals surface area contributed by atoms with E-state index in [1.807, 2.05) is 0 Å².